The first-order chi connectivity index (χ1) is 8.80. The van der Waals surface area contributed by atoms with Crippen LogP contribution in [-0.4, -0.2) is 37.9 Å². The molecule has 20 heavy (non-hydrogen) atoms. The van der Waals surface area contributed by atoms with Gasteiger partial charge in [-0.25, -0.2) is 8.42 Å². The van der Waals surface area contributed by atoms with Crippen molar-refractivity contribution in [3.05, 3.63) is 27.7 Å². The molecule has 4 nitrogen and oxygen atoms in total. The zero-order chi connectivity index (χ0) is 14.2. The van der Waals surface area contributed by atoms with Crippen molar-refractivity contribution >= 4 is 50.0 Å². The Morgan fingerprint density at radius 1 is 1.30 bits per heavy atom. The SMILES string of the molecule is CC1CN(S(=O)(=O)c2ccc(Br)cc2Cl)CC(C)N1.Cl. The molecule has 2 rings (SSSR count). The van der Waals surface area contributed by atoms with E-state index in [1.54, 1.807) is 18.2 Å². The summed E-state index contributed by atoms with van der Waals surface area (Å²) in [5.74, 6) is 0. The zero-order valence-electron chi connectivity index (χ0n) is 11.1. The summed E-state index contributed by atoms with van der Waals surface area (Å²) >= 11 is 9.33. The van der Waals surface area contributed by atoms with Crippen LogP contribution in [0.2, 0.25) is 5.02 Å². The summed E-state index contributed by atoms with van der Waals surface area (Å²) in [6, 6.07) is 5.09. The van der Waals surface area contributed by atoms with Crippen LogP contribution < -0.4 is 5.32 Å². The lowest BCUT2D eigenvalue weighted by atomic mass is 10.2. The first kappa shape index (κ1) is 18.2. The van der Waals surface area contributed by atoms with Crippen molar-refractivity contribution in [2.24, 2.45) is 0 Å². The van der Waals surface area contributed by atoms with Gasteiger partial charge < -0.3 is 5.32 Å². The molecule has 1 heterocycles. The predicted molar refractivity (Wildman–Crippen MR) is 87.2 cm³/mol. The molecule has 114 valence electrons. The predicted octanol–water partition coefficient (Wildman–Crippen LogP) is 2.90. The first-order valence-corrected chi connectivity index (χ1v) is 8.63. The Kier molecular flexibility index (Phi) is 6.32. The fourth-order valence-corrected chi connectivity index (χ4v) is 4.93. The Labute approximate surface area is 139 Å². The van der Waals surface area contributed by atoms with E-state index in [9.17, 15) is 8.42 Å². The lowest BCUT2D eigenvalue weighted by molar-refractivity contribution is 0.263. The third kappa shape index (κ3) is 3.87. The van der Waals surface area contributed by atoms with Gasteiger partial charge in [0.05, 0.1) is 5.02 Å². The van der Waals surface area contributed by atoms with Crippen molar-refractivity contribution in [2.75, 3.05) is 13.1 Å². The van der Waals surface area contributed by atoms with Crippen LogP contribution in [0, 0.1) is 0 Å². The number of piperazine rings is 1. The van der Waals surface area contributed by atoms with Crippen LogP contribution in [-0.2, 0) is 10.0 Å². The van der Waals surface area contributed by atoms with Crippen LogP contribution in [0.15, 0.2) is 27.6 Å². The third-order valence-electron chi connectivity index (χ3n) is 3.04. The van der Waals surface area contributed by atoms with Crippen LogP contribution in [0.25, 0.3) is 0 Å². The van der Waals surface area contributed by atoms with E-state index in [1.165, 1.54) is 4.31 Å². The van der Waals surface area contributed by atoms with Gasteiger partial charge in [0.1, 0.15) is 4.90 Å². The Morgan fingerprint density at radius 2 is 1.85 bits per heavy atom. The standard InChI is InChI=1S/C12H16BrClN2O2S.ClH/c1-8-6-16(7-9(2)15-8)19(17,18)12-4-3-10(13)5-11(12)14;/h3-5,8-9,15H,6-7H2,1-2H3;1H. The van der Waals surface area contributed by atoms with E-state index in [-0.39, 0.29) is 34.4 Å². The molecule has 1 saturated heterocycles. The highest BCUT2D eigenvalue weighted by Gasteiger charge is 2.32. The average molecular weight is 404 g/mol. The number of hydrogen-bond acceptors (Lipinski definition) is 3. The molecule has 0 aromatic heterocycles. The molecule has 0 amide bonds. The highest BCUT2D eigenvalue weighted by atomic mass is 79.9. The Morgan fingerprint density at radius 3 is 2.35 bits per heavy atom. The minimum atomic E-state index is -3.53. The van der Waals surface area contributed by atoms with Gasteiger partial charge in [-0.15, -0.1) is 12.4 Å². The second-order valence-corrected chi connectivity index (χ2v) is 8.09. The molecule has 0 saturated carbocycles. The van der Waals surface area contributed by atoms with E-state index in [0.29, 0.717) is 13.1 Å². The molecule has 0 bridgehead atoms. The van der Waals surface area contributed by atoms with E-state index in [4.69, 9.17) is 11.6 Å². The molecule has 0 radical (unpaired) electrons. The molecule has 1 aromatic carbocycles. The number of rotatable bonds is 2. The molecule has 1 fully saturated rings. The minimum absolute atomic E-state index is 0. The summed E-state index contributed by atoms with van der Waals surface area (Å²) in [6.45, 7) is 4.86. The molecule has 2 atom stereocenters. The van der Waals surface area contributed by atoms with E-state index >= 15 is 0 Å². The summed E-state index contributed by atoms with van der Waals surface area (Å²) in [7, 11) is -3.53. The molecule has 2 unspecified atom stereocenters. The van der Waals surface area contributed by atoms with Crippen molar-refractivity contribution in [1.29, 1.82) is 0 Å². The number of nitrogens with zero attached hydrogens (tertiary/aromatic N) is 1. The fourth-order valence-electron chi connectivity index (χ4n) is 2.30. The Hall–Kier alpha value is 0.150. The summed E-state index contributed by atoms with van der Waals surface area (Å²) in [5, 5.41) is 3.55. The van der Waals surface area contributed by atoms with Gasteiger partial charge in [-0.3, -0.25) is 0 Å². The molecular weight excluding hydrogens is 387 g/mol. The molecule has 0 aliphatic carbocycles. The molecule has 0 spiro atoms. The van der Waals surface area contributed by atoms with E-state index in [1.807, 2.05) is 13.8 Å². The monoisotopic (exact) mass is 402 g/mol. The lowest BCUT2D eigenvalue weighted by Gasteiger charge is -2.35. The van der Waals surface area contributed by atoms with Crippen LogP contribution in [0.3, 0.4) is 0 Å². The topological polar surface area (TPSA) is 49.4 Å². The zero-order valence-corrected chi connectivity index (χ0v) is 15.1. The van der Waals surface area contributed by atoms with Gasteiger partial charge in [0, 0.05) is 29.6 Å². The van der Waals surface area contributed by atoms with Gasteiger partial charge in [0.15, 0.2) is 0 Å². The summed E-state index contributed by atoms with van der Waals surface area (Å²) in [5.41, 5.74) is 0. The highest BCUT2D eigenvalue weighted by molar-refractivity contribution is 9.10. The molecule has 1 aliphatic heterocycles. The average Bonchev–Trinajstić information content (AvgIpc) is 2.26. The maximum absolute atomic E-state index is 12.6. The fraction of sp³-hybridized carbons (Fsp3) is 0.500. The van der Waals surface area contributed by atoms with Gasteiger partial charge in [-0.2, -0.15) is 4.31 Å². The highest BCUT2D eigenvalue weighted by Crippen LogP contribution is 2.28. The molecular formula is C12H17BrCl2N2O2S. The van der Waals surface area contributed by atoms with Crippen molar-refractivity contribution in [1.82, 2.24) is 9.62 Å². The van der Waals surface area contributed by atoms with Gasteiger partial charge in [0.25, 0.3) is 0 Å². The maximum atomic E-state index is 12.6. The van der Waals surface area contributed by atoms with Gasteiger partial charge in [-0.1, -0.05) is 27.5 Å². The Balaban J connectivity index is 0.00000200. The van der Waals surface area contributed by atoms with Crippen molar-refractivity contribution < 1.29 is 8.42 Å². The van der Waals surface area contributed by atoms with E-state index in [2.05, 4.69) is 21.2 Å². The normalized spacial score (nSPS) is 24.2. The minimum Gasteiger partial charge on any atom is -0.309 e. The van der Waals surface area contributed by atoms with Gasteiger partial charge in [-0.05, 0) is 32.0 Å². The first-order valence-electron chi connectivity index (χ1n) is 6.02. The van der Waals surface area contributed by atoms with Crippen molar-refractivity contribution in [2.45, 2.75) is 30.8 Å². The van der Waals surface area contributed by atoms with Crippen LogP contribution in [0.5, 0.6) is 0 Å². The molecule has 1 N–H and O–H groups in total. The second-order valence-electron chi connectivity index (χ2n) is 4.87. The number of halogens is 3. The summed E-state index contributed by atoms with van der Waals surface area (Å²) in [4.78, 5) is 0.165. The summed E-state index contributed by atoms with van der Waals surface area (Å²) in [6.07, 6.45) is 0. The quantitative estimate of drug-likeness (QED) is 0.825. The lowest BCUT2D eigenvalue weighted by Crippen LogP contribution is -2.55. The number of nitrogens with one attached hydrogen (secondary N) is 1. The van der Waals surface area contributed by atoms with E-state index in [0.717, 1.165) is 4.47 Å². The van der Waals surface area contributed by atoms with Gasteiger partial charge in [0.2, 0.25) is 10.0 Å². The molecule has 1 aliphatic rings. The van der Waals surface area contributed by atoms with Crippen LogP contribution >= 0.6 is 39.9 Å². The van der Waals surface area contributed by atoms with E-state index < -0.39 is 10.0 Å². The smallest absolute Gasteiger partial charge is 0.244 e. The molecule has 1 aromatic rings. The van der Waals surface area contributed by atoms with Crippen molar-refractivity contribution in [3.8, 4) is 0 Å². The largest absolute Gasteiger partial charge is 0.309 e. The number of sulfonamides is 1. The molecule has 8 heteroatoms. The van der Waals surface area contributed by atoms with Crippen LogP contribution in [0.1, 0.15) is 13.8 Å². The second kappa shape index (κ2) is 6.94. The number of hydrogen-bond donors (Lipinski definition) is 1. The Bertz CT molecular complexity index is 573. The van der Waals surface area contributed by atoms with Crippen LogP contribution in [0.4, 0.5) is 0 Å². The summed E-state index contributed by atoms with van der Waals surface area (Å²) < 4.78 is 27.5. The maximum Gasteiger partial charge on any atom is 0.244 e. The van der Waals surface area contributed by atoms with Crippen molar-refractivity contribution in [3.63, 3.8) is 0 Å². The third-order valence-corrected chi connectivity index (χ3v) is 5.84. The van der Waals surface area contributed by atoms with Gasteiger partial charge >= 0.3 is 0 Å². The number of benzene rings is 1.